The number of benzene rings is 1. The first-order chi connectivity index (χ1) is 13.3. The molecule has 1 atom stereocenters. The molecule has 4 heterocycles. The standard InChI is InChI=1S/C19H13N5O3/c20-8-11-15(10-4-5-13-14(7-10)26-9-25-13)16-17(12-3-1-2-6-22-12)23-24-19(16)27-18(11)21/h1-7,15H,9,21H2,(H,23,24). The van der Waals surface area contributed by atoms with Crippen LogP contribution < -0.4 is 19.9 Å². The molecule has 0 radical (unpaired) electrons. The lowest BCUT2D eigenvalue weighted by Gasteiger charge is -2.24. The fourth-order valence-corrected chi connectivity index (χ4v) is 3.38. The van der Waals surface area contributed by atoms with Gasteiger partial charge in [-0.2, -0.15) is 5.26 Å². The van der Waals surface area contributed by atoms with E-state index in [-0.39, 0.29) is 12.7 Å². The van der Waals surface area contributed by atoms with Gasteiger partial charge in [-0.3, -0.25) is 10.1 Å². The molecule has 8 heteroatoms. The minimum atomic E-state index is -0.469. The molecule has 3 N–H and O–H groups in total. The van der Waals surface area contributed by atoms with Crippen LogP contribution in [0.15, 0.2) is 54.1 Å². The Morgan fingerprint density at radius 2 is 2.07 bits per heavy atom. The van der Waals surface area contributed by atoms with Gasteiger partial charge in [0.15, 0.2) is 11.5 Å². The molecule has 3 aromatic rings. The zero-order chi connectivity index (χ0) is 18.4. The van der Waals surface area contributed by atoms with Crippen molar-refractivity contribution in [2.75, 3.05) is 6.79 Å². The summed E-state index contributed by atoms with van der Waals surface area (Å²) in [6.07, 6.45) is 1.69. The van der Waals surface area contributed by atoms with Crippen molar-refractivity contribution in [3.05, 3.63) is 65.2 Å². The van der Waals surface area contributed by atoms with Crippen molar-refractivity contribution in [3.8, 4) is 34.8 Å². The smallest absolute Gasteiger partial charge is 0.244 e. The van der Waals surface area contributed by atoms with Gasteiger partial charge in [0.25, 0.3) is 0 Å². The van der Waals surface area contributed by atoms with Crippen LogP contribution in [-0.2, 0) is 0 Å². The second-order valence-electron chi connectivity index (χ2n) is 6.07. The Labute approximate surface area is 153 Å². The second kappa shape index (κ2) is 5.78. The Bertz CT molecular complexity index is 1110. The molecule has 0 fully saturated rings. The summed E-state index contributed by atoms with van der Waals surface area (Å²) >= 11 is 0. The molecule has 2 aliphatic rings. The molecule has 0 saturated carbocycles. The van der Waals surface area contributed by atoms with Crippen molar-refractivity contribution in [3.63, 3.8) is 0 Å². The number of hydrogen-bond donors (Lipinski definition) is 2. The minimum Gasteiger partial charge on any atom is -0.454 e. The molecule has 2 aromatic heterocycles. The zero-order valence-corrected chi connectivity index (χ0v) is 14.0. The monoisotopic (exact) mass is 359 g/mol. The Kier molecular flexibility index (Phi) is 3.27. The number of aromatic nitrogens is 3. The van der Waals surface area contributed by atoms with Crippen LogP contribution in [0.1, 0.15) is 17.0 Å². The summed E-state index contributed by atoms with van der Waals surface area (Å²) in [7, 11) is 0. The van der Waals surface area contributed by atoms with E-state index in [4.69, 9.17) is 19.9 Å². The number of nitrogens with zero attached hydrogens (tertiary/aromatic N) is 3. The number of fused-ring (bicyclic) bond motifs is 2. The van der Waals surface area contributed by atoms with Crippen LogP contribution in [0.3, 0.4) is 0 Å². The molecule has 0 bridgehead atoms. The van der Waals surface area contributed by atoms with E-state index in [2.05, 4.69) is 21.3 Å². The summed E-state index contributed by atoms with van der Waals surface area (Å²) in [5.41, 5.74) is 9.20. The van der Waals surface area contributed by atoms with E-state index in [1.807, 2.05) is 36.4 Å². The summed E-state index contributed by atoms with van der Waals surface area (Å²) in [6.45, 7) is 0.172. The highest BCUT2D eigenvalue weighted by Gasteiger charge is 2.36. The number of nitrogens with one attached hydrogen (secondary N) is 1. The number of rotatable bonds is 2. The molecule has 1 aromatic carbocycles. The van der Waals surface area contributed by atoms with Crippen LogP contribution in [0.2, 0.25) is 0 Å². The van der Waals surface area contributed by atoms with E-state index < -0.39 is 5.92 Å². The van der Waals surface area contributed by atoms with Gasteiger partial charge in [0.2, 0.25) is 18.6 Å². The number of allylic oxidation sites excluding steroid dienone is 1. The van der Waals surface area contributed by atoms with Crippen molar-refractivity contribution < 1.29 is 14.2 Å². The number of pyridine rings is 1. The normalized spacial score (nSPS) is 17.2. The lowest BCUT2D eigenvalue weighted by molar-refractivity contribution is 0.174. The highest BCUT2D eigenvalue weighted by molar-refractivity contribution is 5.69. The van der Waals surface area contributed by atoms with Crippen molar-refractivity contribution in [2.24, 2.45) is 5.73 Å². The molecule has 0 amide bonds. The zero-order valence-electron chi connectivity index (χ0n) is 14.0. The number of nitriles is 1. The SMILES string of the molecule is N#CC1=C(N)Oc2n[nH]c(-c3ccccn3)c2C1c1ccc2c(c1)OCO2. The highest BCUT2D eigenvalue weighted by Crippen LogP contribution is 2.47. The van der Waals surface area contributed by atoms with Gasteiger partial charge >= 0.3 is 0 Å². The summed E-state index contributed by atoms with van der Waals surface area (Å²) in [4.78, 5) is 4.38. The Morgan fingerprint density at radius 1 is 1.19 bits per heavy atom. The molecule has 27 heavy (non-hydrogen) atoms. The van der Waals surface area contributed by atoms with Crippen LogP contribution in [0.25, 0.3) is 11.4 Å². The Balaban J connectivity index is 1.73. The summed E-state index contributed by atoms with van der Waals surface area (Å²) in [5.74, 6) is 1.18. The van der Waals surface area contributed by atoms with Crippen molar-refractivity contribution in [2.45, 2.75) is 5.92 Å². The van der Waals surface area contributed by atoms with Crippen molar-refractivity contribution in [1.29, 1.82) is 5.26 Å². The third-order valence-electron chi connectivity index (χ3n) is 4.59. The van der Waals surface area contributed by atoms with Crippen molar-refractivity contribution >= 4 is 0 Å². The van der Waals surface area contributed by atoms with E-state index in [1.54, 1.807) is 6.20 Å². The fraction of sp³-hybridized carbons (Fsp3) is 0.105. The molecular formula is C19H13N5O3. The van der Waals surface area contributed by atoms with Gasteiger partial charge in [-0.05, 0) is 29.8 Å². The number of hydrogen-bond acceptors (Lipinski definition) is 7. The minimum absolute atomic E-state index is 0.0340. The molecule has 0 aliphatic carbocycles. The molecule has 0 spiro atoms. The first-order valence-corrected chi connectivity index (χ1v) is 8.23. The third-order valence-corrected chi connectivity index (χ3v) is 4.59. The van der Waals surface area contributed by atoms with Crippen LogP contribution in [-0.4, -0.2) is 22.0 Å². The quantitative estimate of drug-likeness (QED) is 0.721. The van der Waals surface area contributed by atoms with Gasteiger partial charge in [0.05, 0.1) is 22.9 Å². The molecule has 5 rings (SSSR count). The van der Waals surface area contributed by atoms with Gasteiger partial charge in [0.1, 0.15) is 11.6 Å². The van der Waals surface area contributed by atoms with Crippen LogP contribution in [0, 0.1) is 11.3 Å². The second-order valence-corrected chi connectivity index (χ2v) is 6.07. The molecule has 132 valence electrons. The number of nitrogens with two attached hydrogens (primary N) is 1. The lowest BCUT2D eigenvalue weighted by Crippen LogP contribution is -2.21. The van der Waals surface area contributed by atoms with E-state index in [0.717, 1.165) is 5.56 Å². The van der Waals surface area contributed by atoms with E-state index in [1.165, 1.54) is 0 Å². The van der Waals surface area contributed by atoms with Crippen LogP contribution in [0.4, 0.5) is 0 Å². The number of aromatic amines is 1. The lowest BCUT2D eigenvalue weighted by atomic mass is 9.83. The van der Waals surface area contributed by atoms with Crippen LogP contribution >= 0.6 is 0 Å². The van der Waals surface area contributed by atoms with E-state index in [9.17, 15) is 5.26 Å². The molecule has 0 saturated heterocycles. The van der Waals surface area contributed by atoms with Crippen molar-refractivity contribution in [1.82, 2.24) is 15.2 Å². The Hall–Kier alpha value is -3.99. The van der Waals surface area contributed by atoms with Gasteiger partial charge in [0, 0.05) is 6.20 Å². The molecule has 2 aliphatic heterocycles. The summed E-state index contributed by atoms with van der Waals surface area (Å²) < 4.78 is 16.5. The third kappa shape index (κ3) is 2.29. The highest BCUT2D eigenvalue weighted by atomic mass is 16.7. The first kappa shape index (κ1) is 15.3. The van der Waals surface area contributed by atoms with Gasteiger partial charge in [-0.15, -0.1) is 5.10 Å². The average Bonchev–Trinajstić information content (AvgIpc) is 3.33. The predicted molar refractivity (Wildman–Crippen MR) is 93.7 cm³/mol. The first-order valence-electron chi connectivity index (χ1n) is 8.23. The number of H-pyrrole nitrogens is 1. The largest absolute Gasteiger partial charge is 0.454 e. The molecule has 1 unspecified atom stereocenters. The van der Waals surface area contributed by atoms with Gasteiger partial charge in [-0.1, -0.05) is 12.1 Å². The fourth-order valence-electron chi connectivity index (χ4n) is 3.38. The molecular weight excluding hydrogens is 346 g/mol. The van der Waals surface area contributed by atoms with Crippen LogP contribution in [0.5, 0.6) is 17.4 Å². The predicted octanol–water partition coefficient (Wildman–Crippen LogP) is 2.42. The number of ether oxygens (including phenoxy) is 3. The maximum Gasteiger partial charge on any atom is 0.244 e. The Morgan fingerprint density at radius 3 is 2.89 bits per heavy atom. The van der Waals surface area contributed by atoms with Gasteiger partial charge < -0.3 is 19.9 Å². The van der Waals surface area contributed by atoms with E-state index in [0.29, 0.717) is 39.9 Å². The van der Waals surface area contributed by atoms with E-state index >= 15 is 0 Å². The summed E-state index contributed by atoms with van der Waals surface area (Å²) in [6, 6.07) is 13.3. The van der Waals surface area contributed by atoms with Gasteiger partial charge in [-0.25, -0.2) is 0 Å². The average molecular weight is 359 g/mol. The topological polar surface area (TPSA) is 119 Å². The maximum atomic E-state index is 9.74. The maximum absolute atomic E-state index is 9.74. The summed E-state index contributed by atoms with van der Waals surface area (Å²) in [5, 5.41) is 16.9. The molecule has 8 nitrogen and oxygen atoms in total.